The van der Waals surface area contributed by atoms with Gasteiger partial charge in [-0.2, -0.15) is 0 Å². The van der Waals surface area contributed by atoms with Crippen LogP contribution in [0.4, 0.5) is 10.1 Å². The fourth-order valence-electron chi connectivity index (χ4n) is 2.75. The van der Waals surface area contributed by atoms with E-state index in [9.17, 15) is 17.6 Å². The van der Waals surface area contributed by atoms with Crippen LogP contribution in [0.15, 0.2) is 42.5 Å². The molecule has 2 rings (SSSR count). The summed E-state index contributed by atoms with van der Waals surface area (Å²) in [6, 6.07) is 11.6. The van der Waals surface area contributed by atoms with Crippen molar-refractivity contribution in [3.05, 3.63) is 65.0 Å². The fraction of sp³-hybridized carbons (Fsp3) is 0.316. The van der Waals surface area contributed by atoms with E-state index >= 15 is 0 Å². The third-order valence-corrected chi connectivity index (χ3v) is 5.19. The van der Waals surface area contributed by atoms with Crippen LogP contribution in [-0.2, 0) is 27.8 Å². The number of halogens is 1. The minimum atomic E-state index is -3.66. The molecule has 26 heavy (non-hydrogen) atoms. The van der Waals surface area contributed by atoms with Crippen molar-refractivity contribution in [3.63, 3.8) is 0 Å². The molecular weight excluding hydrogens is 355 g/mol. The van der Waals surface area contributed by atoms with Gasteiger partial charge in [0.2, 0.25) is 15.9 Å². The lowest BCUT2D eigenvalue weighted by Crippen LogP contribution is -2.41. The molecule has 0 aromatic heterocycles. The van der Waals surface area contributed by atoms with Crippen molar-refractivity contribution < 1.29 is 17.6 Å². The standard InChI is InChI=1S/C19H23FN2O3S/c1-4-15-10-7-8-14(2)19(15)22(26(3,24)25)13-18(23)21-12-16-9-5-6-11-17(16)20/h5-11H,4,12-13H2,1-3H3,(H,21,23). The molecule has 0 radical (unpaired) electrons. The molecule has 0 fully saturated rings. The van der Waals surface area contributed by atoms with Gasteiger partial charge in [-0.3, -0.25) is 9.10 Å². The summed E-state index contributed by atoms with van der Waals surface area (Å²) in [5.41, 5.74) is 2.49. The van der Waals surface area contributed by atoms with Crippen LogP contribution in [-0.4, -0.2) is 27.1 Å². The van der Waals surface area contributed by atoms with Gasteiger partial charge in [-0.15, -0.1) is 0 Å². The molecular formula is C19H23FN2O3S. The molecule has 0 saturated heterocycles. The molecule has 0 aliphatic rings. The van der Waals surface area contributed by atoms with Gasteiger partial charge in [0.05, 0.1) is 11.9 Å². The van der Waals surface area contributed by atoms with Crippen molar-refractivity contribution >= 4 is 21.6 Å². The number of carbonyl (C=O) groups is 1. The number of carbonyl (C=O) groups excluding carboxylic acids is 1. The molecule has 0 aliphatic heterocycles. The van der Waals surface area contributed by atoms with Crippen molar-refractivity contribution in [3.8, 4) is 0 Å². The Hall–Kier alpha value is -2.41. The third-order valence-electron chi connectivity index (χ3n) is 4.07. The van der Waals surface area contributed by atoms with Gasteiger partial charge < -0.3 is 5.32 Å². The Kier molecular flexibility index (Phi) is 6.37. The first-order valence-corrected chi connectivity index (χ1v) is 10.1. The van der Waals surface area contributed by atoms with E-state index in [0.717, 1.165) is 21.7 Å². The number of hydrogen-bond donors (Lipinski definition) is 1. The number of amides is 1. The molecule has 1 N–H and O–H groups in total. The van der Waals surface area contributed by atoms with Crippen molar-refractivity contribution in [1.29, 1.82) is 0 Å². The van der Waals surface area contributed by atoms with Crippen LogP contribution in [0.3, 0.4) is 0 Å². The van der Waals surface area contributed by atoms with Crippen LogP contribution >= 0.6 is 0 Å². The third kappa shape index (κ3) is 4.82. The minimum absolute atomic E-state index is 0.00246. The van der Waals surface area contributed by atoms with Crippen LogP contribution < -0.4 is 9.62 Å². The predicted octanol–water partition coefficient (Wildman–Crippen LogP) is 2.78. The molecule has 1 amide bonds. The summed E-state index contributed by atoms with van der Waals surface area (Å²) in [5.74, 6) is -0.913. The highest BCUT2D eigenvalue weighted by Gasteiger charge is 2.24. The molecule has 7 heteroatoms. The van der Waals surface area contributed by atoms with Crippen LogP contribution in [0.5, 0.6) is 0 Å². The summed E-state index contributed by atoms with van der Waals surface area (Å²) in [5, 5.41) is 2.58. The van der Waals surface area contributed by atoms with E-state index in [4.69, 9.17) is 0 Å². The van der Waals surface area contributed by atoms with E-state index in [1.54, 1.807) is 18.2 Å². The first-order valence-electron chi connectivity index (χ1n) is 8.30. The lowest BCUT2D eigenvalue weighted by molar-refractivity contribution is -0.119. The summed E-state index contributed by atoms with van der Waals surface area (Å²) in [6.45, 7) is 3.38. The zero-order valence-corrected chi connectivity index (χ0v) is 15.9. The molecule has 0 atom stereocenters. The quantitative estimate of drug-likeness (QED) is 0.806. The summed E-state index contributed by atoms with van der Waals surface area (Å²) in [7, 11) is -3.66. The molecule has 0 spiro atoms. The van der Waals surface area contributed by atoms with Gasteiger partial charge in [-0.25, -0.2) is 12.8 Å². The van der Waals surface area contributed by atoms with Crippen LogP contribution in [0.1, 0.15) is 23.6 Å². The Morgan fingerprint density at radius 3 is 2.38 bits per heavy atom. The average Bonchev–Trinajstić information content (AvgIpc) is 2.58. The van der Waals surface area contributed by atoms with Crippen molar-refractivity contribution in [2.45, 2.75) is 26.8 Å². The highest BCUT2D eigenvalue weighted by Crippen LogP contribution is 2.27. The van der Waals surface area contributed by atoms with Crippen molar-refractivity contribution in [2.75, 3.05) is 17.1 Å². The Morgan fingerprint density at radius 2 is 1.77 bits per heavy atom. The van der Waals surface area contributed by atoms with Crippen LogP contribution in [0.2, 0.25) is 0 Å². The number of benzene rings is 2. The molecule has 2 aromatic carbocycles. The molecule has 0 bridgehead atoms. The Labute approximate surface area is 153 Å². The summed E-state index contributed by atoms with van der Waals surface area (Å²) >= 11 is 0. The van der Waals surface area contributed by atoms with Gasteiger partial charge >= 0.3 is 0 Å². The van der Waals surface area contributed by atoms with E-state index in [0.29, 0.717) is 17.7 Å². The molecule has 0 unspecified atom stereocenters. The molecule has 5 nitrogen and oxygen atoms in total. The highest BCUT2D eigenvalue weighted by molar-refractivity contribution is 7.92. The second-order valence-corrected chi connectivity index (χ2v) is 7.98. The first kappa shape index (κ1) is 19.9. The zero-order valence-electron chi connectivity index (χ0n) is 15.1. The summed E-state index contributed by atoms with van der Waals surface area (Å²) in [6.07, 6.45) is 1.71. The second kappa shape index (κ2) is 8.31. The maximum atomic E-state index is 13.7. The zero-order chi connectivity index (χ0) is 19.3. The van der Waals surface area contributed by atoms with Gasteiger partial charge in [0, 0.05) is 12.1 Å². The van der Waals surface area contributed by atoms with Gasteiger partial charge in [-0.05, 0) is 30.5 Å². The van der Waals surface area contributed by atoms with E-state index < -0.39 is 21.7 Å². The fourth-order valence-corrected chi connectivity index (χ4v) is 3.69. The monoisotopic (exact) mass is 378 g/mol. The van der Waals surface area contributed by atoms with Gasteiger partial charge in [0.15, 0.2) is 0 Å². The maximum absolute atomic E-state index is 13.7. The van der Waals surface area contributed by atoms with Gasteiger partial charge in [-0.1, -0.05) is 43.3 Å². The van der Waals surface area contributed by atoms with E-state index in [1.807, 2.05) is 32.0 Å². The topological polar surface area (TPSA) is 66.5 Å². The van der Waals surface area contributed by atoms with Gasteiger partial charge in [0.25, 0.3) is 0 Å². The SMILES string of the molecule is CCc1cccc(C)c1N(CC(=O)NCc1ccccc1F)S(C)(=O)=O. The molecule has 0 heterocycles. The molecule has 2 aromatic rings. The molecule has 0 aliphatic carbocycles. The Bertz CT molecular complexity index is 897. The number of nitrogens with one attached hydrogen (secondary N) is 1. The van der Waals surface area contributed by atoms with Crippen molar-refractivity contribution in [2.24, 2.45) is 0 Å². The normalized spacial score (nSPS) is 11.2. The Morgan fingerprint density at radius 1 is 1.12 bits per heavy atom. The van der Waals surface area contributed by atoms with E-state index in [-0.39, 0.29) is 13.1 Å². The average molecular weight is 378 g/mol. The van der Waals surface area contributed by atoms with Crippen LogP contribution in [0.25, 0.3) is 0 Å². The molecule has 140 valence electrons. The largest absolute Gasteiger partial charge is 0.350 e. The van der Waals surface area contributed by atoms with E-state index in [1.165, 1.54) is 6.07 Å². The molecule has 0 saturated carbocycles. The number of sulfonamides is 1. The number of hydrogen-bond acceptors (Lipinski definition) is 3. The van der Waals surface area contributed by atoms with E-state index in [2.05, 4.69) is 5.32 Å². The number of aryl methyl sites for hydroxylation is 2. The summed E-state index contributed by atoms with van der Waals surface area (Å²) in [4.78, 5) is 12.3. The number of nitrogens with zero attached hydrogens (tertiary/aromatic N) is 1. The number of anilines is 1. The second-order valence-electron chi connectivity index (χ2n) is 6.07. The number of rotatable bonds is 7. The Balaban J connectivity index is 2.22. The summed E-state index contributed by atoms with van der Waals surface area (Å²) < 4.78 is 39.4. The maximum Gasteiger partial charge on any atom is 0.241 e. The number of para-hydroxylation sites is 1. The first-order chi connectivity index (χ1) is 12.2. The smallest absolute Gasteiger partial charge is 0.241 e. The minimum Gasteiger partial charge on any atom is -0.350 e. The van der Waals surface area contributed by atoms with Gasteiger partial charge in [0.1, 0.15) is 12.4 Å². The highest BCUT2D eigenvalue weighted by atomic mass is 32.2. The van der Waals surface area contributed by atoms with Crippen LogP contribution in [0, 0.1) is 12.7 Å². The lowest BCUT2D eigenvalue weighted by atomic mass is 10.1. The predicted molar refractivity (Wildman–Crippen MR) is 101 cm³/mol. The van der Waals surface area contributed by atoms with Crippen molar-refractivity contribution in [1.82, 2.24) is 5.32 Å². The lowest BCUT2D eigenvalue weighted by Gasteiger charge is -2.26.